The van der Waals surface area contributed by atoms with Crippen LogP contribution in [0.2, 0.25) is 0 Å². The maximum Gasteiger partial charge on any atom is 0.280 e. The fraction of sp³-hybridized carbons (Fsp3) is 0.643. The van der Waals surface area contributed by atoms with Gasteiger partial charge in [-0.3, -0.25) is 9.36 Å². The highest BCUT2D eigenvalue weighted by molar-refractivity contribution is 7.71. The van der Waals surface area contributed by atoms with Crippen LogP contribution in [0.25, 0.3) is 5.57 Å². The third-order valence-corrected chi connectivity index (χ3v) is 3.99. The molecule has 5 heteroatoms. The van der Waals surface area contributed by atoms with Gasteiger partial charge in [0.1, 0.15) is 0 Å². The fourth-order valence-electron chi connectivity index (χ4n) is 2.36. The molecule has 1 heterocycles. The van der Waals surface area contributed by atoms with Gasteiger partial charge in [-0.1, -0.05) is 12.5 Å². The molecule has 0 spiro atoms. The van der Waals surface area contributed by atoms with E-state index in [0.717, 1.165) is 24.8 Å². The van der Waals surface area contributed by atoms with Crippen LogP contribution in [-0.2, 0) is 7.05 Å². The minimum atomic E-state index is -0.0740. The molecule has 0 amide bonds. The van der Waals surface area contributed by atoms with Gasteiger partial charge in [-0.15, -0.1) is 0 Å². The molecular weight excluding hydrogens is 258 g/mol. The van der Waals surface area contributed by atoms with E-state index < -0.39 is 0 Å². The summed E-state index contributed by atoms with van der Waals surface area (Å²) in [6.07, 6.45) is 7.71. The fourth-order valence-corrected chi connectivity index (χ4v) is 2.70. The summed E-state index contributed by atoms with van der Waals surface area (Å²) < 4.78 is 3.78. The van der Waals surface area contributed by atoms with Crippen LogP contribution in [0.5, 0.6) is 0 Å². The quantitative estimate of drug-likeness (QED) is 0.780. The van der Waals surface area contributed by atoms with Gasteiger partial charge in [0.25, 0.3) is 5.56 Å². The first-order chi connectivity index (χ1) is 9.02. The second-order valence-corrected chi connectivity index (χ2v) is 5.73. The van der Waals surface area contributed by atoms with Gasteiger partial charge >= 0.3 is 0 Å². The summed E-state index contributed by atoms with van der Waals surface area (Å²) in [6, 6.07) is 0.157. The minimum Gasteiger partial charge on any atom is -0.285 e. The maximum absolute atomic E-state index is 12.4. The number of allylic oxidation sites excluding steroid dienone is 2. The lowest BCUT2D eigenvalue weighted by Crippen LogP contribution is -2.29. The molecule has 0 bridgehead atoms. The van der Waals surface area contributed by atoms with Gasteiger partial charge in [0.15, 0.2) is 10.5 Å². The average molecular weight is 279 g/mol. The van der Waals surface area contributed by atoms with Crippen LogP contribution in [0.4, 0.5) is 0 Å². The van der Waals surface area contributed by atoms with Gasteiger partial charge in [0.05, 0.1) is 0 Å². The highest BCUT2D eigenvalue weighted by Gasteiger charge is 2.15. The third kappa shape index (κ3) is 2.86. The summed E-state index contributed by atoms with van der Waals surface area (Å²) in [5, 5.41) is 4.51. The summed E-state index contributed by atoms with van der Waals surface area (Å²) in [7, 11) is 1.73. The van der Waals surface area contributed by atoms with E-state index in [1.165, 1.54) is 17.4 Å². The van der Waals surface area contributed by atoms with E-state index in [2.05, 4.69) is 11.2 Å². The number of hydrogen-bond donors (Lipinski definition) is 0. The maximum atomic E-state index is 12.4. The highest BCUT2D eigenvalue weighted by Crippen LogP contribution is 2.23. The van der Waals surface area contributed by atoms with Crippen molar-refractivity contribution in [1.29, 1.82) is 0 Å². The molecule has 0 fully saturated rings. The summed E-state index contributed by atoms with van der Waals surface area (Å²) >= 11 is 5.29. The molecule has 0 radical (unpaired) electrons. The Balaban J connectivity index is 2.60. The van der Waals surface area contributed by atoms with Crippen LogP contribution in [0.1, 0.15) is 57.7 Å². The largest absolute Gasteiger partial charge is 0.285 e. The molecule has 0 saturated heterocycles. The predicted molar refractivity (Wildman–Crippen MR) is 79.7 cm³/mol. The third-order valence-electron chi connectivity index (χ3n) is 3.53. The minimum absolute atomic E-state index is 0.0740. The monoisotopic (exact) mass is 279 g/mol. The van der Waals surface area contributed by atoms with Crippen LogP contribution in [0, 0.1) is 4.77 Å². The normalized spacial score (nSPS) is 16.3. The van der Waals surface area contributed by atoms with Crippen molar-refractivity contribution in [2.75, 3.05) is 0 Å². The van der Waals surface area contributed by atoms with Crippen molar-refractivity contribution < 1.29 is 0 Å². The second-order valence-electron chi connectivity index (χ2n) is 5.36. The number of hydrogen-bond acceptors (Lipinski definition) is 3. The van der Waals surface area contributed by atoms with E-state index >= 15 is 0 Å². The number of nitrogens with zero attached hydrogens (tertiary/aromatic N) is 3. The Labute approximate surface area is 118 Å². The summed E-state index contributed by atoms with van der Waals surface area (Å²) in [4.78, 5) is 12.4. The van der Waals surface area contributed by atoms with Crippen molar-refractivity contribution in [2.24, 2.45) is 7.05 Å². The smallest absolute Gasteiger partial charge is 0.280 e. The van der Waals surface area contributed by atoms with Crippen LogP contribution in [0.3, 0.4) is 0 Å². The molecule has 0 unspecified atom stereocenters. The first kappa shape index (κ1) is 14.2. The number of aromatic nitrogens is 3. The van der Waals surface area contributed by atoms with Gasteiger partial charge in [-0.05, 0) is 57.3 Å². The summed E-state index contributed by atoms with van der Waals surface area (Å²) in [6.45, 7) is 4.05. The molecule has 1 aromatic rings. The molecule has 4 nitrogen and oxygen atoms in total. The van der Waals surface area contributed by atoms with Crippen molar-refractivity contribution in [3.05, 3.63) is 26.9 Å². The van der Waals surface area contributed by atoms with E-state index in [-0.39, 0.29) is 11.6 Å². The summed E-state index contributed by atoms with van der Waals surface area (Å²) in [5.41, 5.74) is 1.59. The van der Waals surface area contributed by atoms with Crippen LogP contribution in [-0.4, -0.2) is 14.3 Å². The van der Waals surface area contributed by atoms with Gasteiger partial charge < -0.3 is 0 Å². The van der Waals surface area contributed by atoms with Crippen molar-refractivity contribution in [3.63, 3.8) is 0 Å². The Morgan fingerprint density at radius 2 is 2.05 bits per heavy atom. The second kappa shape index (κ2) is 5.82. The number of rotatable bonds is 2. The molecule has 0 aromatic carbocycles. The Bertz CT molecular complexity index is 610. The molecule has 1 aliphatic carbocycles. The van der Waals surface area contributed by atoms with Crippen LogP contribution < -0.4 is 5.56 Å². The molecule has 0 aliphatic heterocycles. The molecule has 0 atom stereocenters. The van der Waals surface area contributed by atoms with E-state index in [0.29, 0.717) is 10.5 Å². The molecule has 2 rings (SSSR count). The van der Waals surface area contributed by atoms with E-state index in [4.69, 9.17) is 12.2 Å². The zero-order valence-corrected chi connectivity index (χ0v) is 12.7. The van der Waals surface area contributed by atoms with Gasteiger partial charge in [-0.25, -0.2) is 4.68 Å². The molecular formula is C14H21N3OS. The first-order valence-electron chi connectivity index (χ1n) is 6.91. The molecule has 19 heavy (non-hydrogen) atoms. The lowest BCUT2D eigenvalue weighted by atomic mass is 10.1. The van der Waals surface area contributed by atoms with E-state index in [1.54, 1.807) is 11.7 Å². The van der Waals surface area contributed by atoms with Crippen molar-refractivity contribution in [2.45, 2.75) is 52.0 Å². The Morgan fingerprint density at radius 1 is 1.32 bits per heavy atom. The SMILES string of the molecule is CC(C)n1nc(C2=CCCCCC2)c(=O)n(C)c1=S. The average Bonchev–Trinajstić information content (AvgIpc) is 2.65. The van der Waals surface area contributed by atoms with Gasteiger partial charge in [-0.2, -0.15) is 5.10 Å². The standard InChI is InChI=1S/C14H21N3OS/c1-10(2)17-14(19)16(3)13(18)12(15-17)11-8-6-4-5-7-9-11/h8,10H,4-7,9H2,1-3H3. The van der Waals surface area contributed by atoms with Crippen LogP contribution >= 0.6 is 12.2 Å². The molecule has 0 saturated carbocycles. The van der Waals surface area contributed by atoms with Gasteiger partial charge in [0.2, 0.25) is 0 Å². The molecule has 1 aliphatic rings. The molecule has 1 aromatic heterocycles. The molecule has 0 N–H and O–H groups in total. The summed E-state index contributed by atoms with van der Waals surface area (Å²) in [5.74, 6) is 0. The van der Waals surface area contributed by atoms with E-state index in [9.17, 15) is 4.79 Å². The zero-order chi connectivity index (χ0) is 14.0. The molecule has 104 valence electrons. The topological polar surface area (TPSA) is 39.8 Å². The lowest BCUT2D eigenvalue weighted by Gasteiger charge is -2.14. The van der Waals surface area contributed by atoms with Crippen LogP contribution in [0.15, 0.2) is 10.9 Å². The lowest BCUT2D eigenvalue weighted by molar-refractivity contribution is 0.474. The van der Waals surface area contributed by atoms with Crippen molar-refractivity contribution >= 4 is 17.8 Å². The Kier molecular flexibility index (Phi) is 4.34. The first-order valence-corrected chi connectivity index (χ1v) is 7.32. The van der Waals surface area contributed by atoms with Crippen molar-refractivity contribution in [3.8, 4) is 0 Å². The Morgan fingerprint density at radius 3 is 2.74 bits per heavy atom. The highest BCUT2D eigenvalue weighted by atomic mass is 32.1. The Hall–Kier alpha value is -1.23. The van der Waals surface area contributed by atoms with Crippen molar-refractivity contribution in [1.82, 2.24) is 14.3 Å². The van der Waals surface area contributed by atoms with Gasteiger partial charge in [0, 0.05) is 13.1 Å². The van der Waals surface area contributed by atoms with E-state index in [1.807, 2.05) is 13.8 Å². The zero-order valence-electron chi connectivity index (χ0n) is 11.8. The predicted octanol–water partition coefficient (Wildman–Crippen LogP) is 3.24.